The number of phenolic OH excluding ortho intramolecular Hbond substituents is 1. The Bertz CT molecular complexity index is 656. The van der Waals surface area contributed by atoms with E-state index in [-0.39, 0.29) is 11.7 Å². The SMILES string of the molecule is COc1ccc(NC(=O)c2ccc(C)c(O)c2)cc1Br. The number of methoxy groups -OCH3 is 1. The second-order valence-electron chi connectivity index (χ2n) is 4.30. The van der Waals surface area contributed by atoms with Crippen molar-refractivity contribution in [2.24, 2.45) is 0 Å². The molecule has 0 bridgehead atoms. The number of carbonyl (C=O) groups is 1. The van der Waals surface area contributed by atoms with Crippen LogP contribution in [0, 0.1) is 6.92 Å². The van der Waals surface area contributed by atoms with Gasteiger partial charge in [0.25, 0.3) is 5.91 Å². The molecule has 20 heavy (non-hydrogen) atoms. The lowest BCUT2D eigenvalue weighted by atomic mass is 10.1. The van der Waals surface area contributed by atoms with E-state index in [9.17, 15) is 9.90 Å². The highest BCUT2D eigenvalue weighted by Gasteiger charge is 2.09. The second kappa shape index (κ2) is 5.96. The molecule has 0 fully saturated rings. The predicted octanol–water partition coefficient (Wildman–Crippen LogP) is 3.72. The van der Waals surface area contributed by atoms with E-state index < -0.39 is 0 Å². The van der Waals surface area contributed by atoms with Crippen LogP contribution in [0.3, 0.4) is 0 Å². The first kappa shape index (κ1) is 14.4. The smallest absolute Gasteiger partial charge is 0.255 e. The molecule has 0 unspecified atom stereocenters. The van der Waals surface area contributed by atoms with Crippen LogP contribution in [0.15, 0.2) is 40.9 Å². The molecular weight excluding hydrogens is 322 g/mol. The number of nitrogens with one attached hydrogen (secondary N) is 1. The van der Waals surface area contributed by atoms with E-state index in [0.29, 0.717) is 17.0 Å². The molecule has 0 radical (unpaired) electrons. The van der Waals surface area contributed by atoms with Crippen LogP contribution in [0.2, 0.25) is 0 Å². The van der Waals surface area contributed by atoms with E-state index in [4.69, 9.17) is 4.74 Å². The molecule has 0 atom stereocenters. The minimum Gasteiger partial charge on any atom is -0.508 e. The van der Waals surface area contributed by atoms with E-state index in [1.54, 1.807) is 44.4 Å². The van der Waals surface area contributed by atoms with Gasteiger partial charge in [0.2, 0.25) is 0 Å². The van der Waals surface area contributed by atoms with Gasteiger partial charge in [0.15, 0.2) is 0 Å². The number of halogens is 1. The third kappa shape index (κ3) is 3.11. The zero-order valence-electron chi connectivity index (χ0n) is 11.1. The fourth-order valence-electron chi connectivity index (χ4n) is 1.70. The molecular formula is C15H14BrNO3. The van der Waals surface area contributed by atoms with Crippen molar-refractivity contribution in [1.29, 1.82) is 0 Å². The Morgan fingerprint density at radius 1 is 1.25 bits per heavy atom. The lowest BCUT2D eigenvalue weighted by Crippen LogP contribution is -2.11. The number of hydrogen-bond donors (Lipinski definition) is 2. The average molecular weight is 336 g/mol. The van der Waals surface area contributed by atoms with Gasteiger partial charge in [-0.25, -0.2) is 0 Å². The van der Waals surface area contributed by atoms with Crippen molar-refractivity contribution in [3.05, 3.63) is 52.0 Å². The van der Waals surface area contributed by atoms with Crippen LogP contribution < -0.4 is 10.1 Å². The van der Waals surface area contributed by atoms with Gasteiger partial charge in [0.05, 0.1) is 11.6 Å². The zero-order chi connectivity index (χ0) is 14.7. The molecule has 2 N–H and O–H groups in total. The zero-order valence-corrected chi connectivity index (χ0v) is 12.7. The summed E-state index contributed by atoms with van der Waals surface area (Å²) in [6.07, 6.45) is 0. The molecule has 0 aliphatic heterocycles. The normalized spacial score (nSPS) is 10.2. The first-order valence-electron chi connectivity index (χ1n) is 5.96. The van der Waals surface area contributed by atoms with Crippen LogP contribution in [-0.4, -0.2) is 18.1 Å². The molecule has 2 rings (SSSR count). The Balaban J connectivity index is 2.19. The molecule has 1 amide bonds. The average Bonchev–Trinajstić information content (AvgIpc) is 2.42. The third-order valence-electron chi connectivity index (χ3n) is 2.88. The molecule has 0 spiro atoms. The molecule has 5 heteroatoms. The predicted molar refractivity (Wildman–Crippen MR) is 81.5 cm³/mol. The van der Waals surface area contributed by atoms with Gasteiger partial charge in [0, 0.05) is 11.3 Å². The lowest BCUT2D eigenvalue weighted by molar-refractivity contribution is 0.102. The van der Waals surface area contributed by atoms with Gasteiger partial charge in [-0.15, -0.1) is 0 Å². The summed E-state index contributed by atoms with van der Waals surface area (Å²) in [5.74, 6) is 0.516. The number of phenols is 1. The van der Waals surface area contributed by atoms with E-state index >= 15 is 0 Å². The van der Waals surface area contributed by atoms with Crippen molar-refractivity contribution in [2.75, 3.05) is 12.4 Å². The number of aromatic hydroxyl groups is 1. The number of benzene rings is 2. The number of hydrogen-bond acceptors (Lipinski definition) is 3. The Hall–Kier alpha value is -2.01. The lowest BCUT2D eigenvalue weighted by Gasteiger charge is -2.09. The summed E-state index contributed by atoms with van der Waals surface area (Å²) in [6, 6.07) is 10.1. The maximum Gasteiger partial charge on any atom is 0.255 e. The number of amides is 1. The van der Waals surface area contributed by atoms with Gasteiger partial charge in [0.1, 0.15) is 11.5 Å². The highest BCUT2D eigenvalue weighted by molar-refractivity contribution is 9.10. The molecule has 0 heterocycles. The fraction of sp³-hybridized carbons (Fsp3) is 0.133. The summed E-state index contributed by atoms with van der Waals surface area (Å²) in [7, 11) is 1.58. The summed E-state index contributed by atoms with van der Waals surface area (Å²) < 4.78 is 5.88. The number of aryl methyl sites for hydroxylation is 1. The quantitative estimate of drug-likeness (QED) is 0.898. The maximum absolute atomic E-state index is 12.1. The summed E-state index contributed by atoms with van der Waals surface area (Å²) in [5.41, 5.74) is 1.77. The summed E-state index contributed by atoms with van der Waals surface area (Å²) in [5, 5.41) is 12.4. The number of carbonyl (C=O) groups excluding carboxylic acids is 1. The van der Waals surface area contributed by atoms with E-state index in [0.717, 1.165) is 10.0 Å². The van der Waals surface area contributed by atoms with Gasteiger partial charge in [-0.3, -0.25) is 4.79 Å². The third-order valence-corrected chi connectivity index (χ3v) is 3.50. The van der Waals surface area contributed by atoms with Crippen LogP contribution in [0.25, 0.3) is 0 Å². The number of rotatable bonds is 3. The van der Waals surface area contributed by atoms with Gasteiger partial charge in [-0.2, -0.15) is 0 Å². The molecule has 2 aromatic carbocycles. The standard InChI is InChI=1S/C15H14BrNO3/c1-9-3-4-10(7-13(9)18)15(19)17-11-5-6-14(20-2)12(16)8-11/h3-8,18H,1-2H3,(H,17,19). The van der Waals surface area contributed by atoms with Gasteiger partial charge >= 0.3 is 0 Å². The van der Waals surface area contributed by atoms with Crippen molar-refractivity contribution in [3.8, 4) is 11.5 Å². The largest absolute Gasteiger partial charge is 0.508 e. The first-order chi connectivity index (χ1) is 9.51. The highest BCUT2D eigenvalue weighted by Crippen LogP contribution is 2.28. The van der Waals surface area contributed by atoms with Gasteiger partial charge in [-0.05, 0) is 58.7 Å². The first-order valence-corrected chi connectivity index (χ1v) is 6.75. The Morgan fingerprint density at radius 3 is 2.60 bits per heavy atom. The van der Waals surface area contributed by atoms with Crippen molar-refractivity contribution in [3.63, 3.8) is 0 Å². The van der Waals surface area contributed by atoms with Crippen LogP contribution >= 0.6 is 15.9 Å². The molecule has 4 nitrogen and oxygen atoms in total. The van der Waals surface area contributed by atoms with Crippen LogP contribution in [0.1, 0.15) is 15.9 Å². The van der Waals surface area contributed by atoms with Crippen molar-refractivity contribution < 1.29 is 14.6 Å². The van der Waals surface area contributed by atoms with Gasteiger partial charge < -0.3 is 15.2 Å². The Morgan fingerprint density at radius 2 is 2.00 bits per heavy atom. The van der Waals surface area contributed by atoms with E-state index in [1.807, 2.05) is 0 Å². The van der Waals surface area contributed by atoms with Crippen LogP contribution in [0.5, 0.6) is 11.5 Å². The topological polar surface area (TPSA) is 58.6 Å². The van der Waals surface area contributed by atoms with Crippen molar-refractivity contribution in [2.45, 2.75) is 6.92 Å². The molecule has 0 saturated carbocycles. The van der Waals surface area contributed by atoms with Gasteiger partial charge in [-0.1, -0.05) is 6.07 Å². The molecule has 104 valence electrons. The molecule has 0 aromatic heterocycles. The minimum atomic E-state index is -0.280. The molecule has 0 aliphatic carbocycles. The fourth-order valence-corrected chi connectivity index (χ4v) is 2.24. The van der Waals surface area contributed by atoms with Crippen LogP contribution in [-0.2, 0) is 0 Å². The van der Waals surface area contributed by atoms with Crippen molar-refractivity contribution >= 4 is 27.5 Å². The minimum absolute atomic E-state index is 0.105. The monoisotopic (exact) mass is 335 g/mol. The number of anilines is 1. The maximum atomic E-state index is 12.1. The summed E-state index contributed by atoms with van der Waals surface area (Å²) >= 11 is 3.36. The second-order valence-corrected chi connectivity index (χ2v) is 5.16. The van der Waals surface area contributed by atoms with Crippen molar-refractivity contribution in [1.82, 2.24) is 0 Å². The number of ether oxygens (including phenoxy) is 1. The van der Waals surface area contributed by atoms with E-state index in [1.165, 1.54) is 6.07 Å². The summed E-state index contributed by atoms with van der Waals surface area (Å²) in [4.78, 5) is 12.1. The molecule has 0 aliphatic rings. The Kier molecular flexibility index (Phi) is 4.29. The van der Waals surface area contributed by atoms with E-state index in [2.05, 4.69) is 21.2 Å². The van der Waals surface area contributed by atoms with Crippen LogP contribution in [0.4, 0.5) is 5.69 Å². The highest BCUT2D eigenvalue weighted by atomic mass is 79.9. The molecule has 2 aromatic rings. The Labute approximate surface area is 125 Å². The molecule has 0 saturated heterocycles. The summed E-state index contributed by atoms with van der Waals surface area (Å²) in [6.45, 7) is 1.78.